The van der Waals surface area contributed by atoms with E-state index in [0.717, 1.165) is 65.7 Å². The van der Waals surface area contributed by atoms with Crippen molar-refractivity contribution < 1.29 is 14.2 Å². The number of hydrogen-bond donors (Lipinski definition) is 1. The second kappa shape index (κ2) is 11.2. The minimum Gasteiger partial charge on any atom is -0.489 e. The first kappa shape index (κ1) is 23.2. The SMILES string of the molecule is CCC.NCCC1CCc2cc(OCc3ccc(-c4ccc5c(c4)OCO5)cc3)ccc2C1. The molecule has 174 valence electrons. The molecule has 0 spiro atoms. The van der Waals surface area contributed by atoms with Crippen molar-refractivity contribution in [2.75, 3.05) is 13.3 Å². The average molecular weight is 446 g/mol. The van der Waals surface area contributed by atoms with Crippen molar-refractivity contribution in [1.82, 2.24) is 0 Å². The van der Waals surface area contributed by atoms with Crippen LogP contribution in [0.25, 0.3) is 11.1 Å². The molecule has 4 nitrogen and oxygen atoms in total. The summed E-state index contributed by atoms with van der Waals surface area (Å²) in [7, 11) is 0. The van der Waals surface area contributed by atoms with Gasteiger partial charge < -0.3 is 19.9 Å². The number of benzene rings is 3. The molecule has 5 rings (SSSR count). The molecule has 1 atom stereocenters. The first-order valence-electron chi connectivity index (χ1n) is 12.1. The van der Waals surface area contributed by atoms with Crippen molar-refractivity contribution in [2.45, 2.75) is 52.6 Å². The van der Waals surface area contributed by atoms with Crippen molar-refractivity contribution in [3.8, 4) is 28.4 Å². The zero-order valence-corrected chi connectivity index (χ0v) is 19.8. The molecule has 2 aliphatic rings. The van der Waals surface area contributed by atoms with Crippen molar-refractivity contribution >= 4 is 0 Å². The molecule has 33 heavy (non-hydrogen) atoms. The summed E-state index contributed by atoms with van der Waals surface area (Å²) < 4.78 is 17.0. The molecule has 1 aliphatic carbocycles. The van der Waals surface area contributed by atoms with Crippen LogP contribution in [0, 0.1) is 5.92 Å². The number of ether oxygens (including phenoxy) is 3. The van der Waals surface area contributed by atoms with Gasteiger partial charge in [-0.25, -0.2) is 0 Å². The van der Waals surface area contributed by atoms with Gasteiger partial charge in [0.25, 0.3) is 0 Å². The summed E-state index contributed by atoms with van der Waals surface area (Å²) in [5, 5.41) is 0. The van der Waals surface area contributed by atoms with Crippen LogP contribution in [0.2, 0.25) is 0 Å². The summed E-state index contributed by atoms with van der Waals surface area (Å²) in [6, 6.07) is 21.1. The van der Waals surface area contributed by atoms with E-state index in [1.54, 1.807) is 0 Å². The Morgan fingerprint density at radius 2 is 1.64 bits per heavy atom. The second-order valence-corrected chi connectivity index (χ2v) is 8.88. The molecule has 0 fully saturated rings. The number of rotatable bonds is 6. The third-order valence-electron chi connectivity index (χ3n) is 6.15. The molecular weight excluding hydrogens is 410 g/mol. The lowest BCUT2D eigenvalue weighted by Gasteiger charge is -2.24. The second-order valence-electron chi connectivity index (χ2n) is 8.88. The molecule has 0 radical (unpaired) electrons. The molecule has 2 N–H and O–H groups in total. The minimum atomic E-state index is 0.298. The van der Waals surface area contributed by atoms with Crippen molar-refractivity contribution in [2.24, 2.45) is 11.7 Å². The van der Waals surface area contributed by atoms with Gasteiger partial charge in [0.05, 0.1) is 0 Å². The highest BCUT2D eigenvalue weighted by Gasteiger charge is 2.18. The molecule has 0 amide bonds. The first-order valence-corrected chi connectivity index (χ1v) is 12.1. The number of fused-ring (bicyclic) bond motifs is 2. The summed E-state index contributed by atoms with van der Waals surface area (Å²) in [5.41, 5.74) is 12.0. The quantitative estimate of drug-likeness (QED) is 0.469. The maximum atomic E-state index is 6.08. The Kier molecular flexibility index (Phi) is 7.90. The van der Waals surface area contributed by atoms with Crippen molar-refractivity contribution in [3.63, 3.8) is 0 Å². The van der Waals surface area contributed by atoms with Crippen molar-refractivity contribution in [1.29, 1.82) is 0 Å². The van der Waals surface area contributed by atoms with E-state index < -0.39 is 0 Å². The van der Waals surface area contributed by atoms with E-state index in [2.05, 4.69) is 62.4 Å². The standard InChI is InChI=1S/C26H27NO3.C3H8/c27-12-11-18-1-6-22-14-24(9-7-21(22)13-18)28-16-19-2-4-20(5-3-19)23-8-10-25-26(15-23)30-17-29-25;1-3-2/h2-5,7-10,14-15,18H,1,6,11-13,16-17,27H2;3H2,1-2H3. The fourth-order valence-electron chi connectivity index (χ4n) is 4.41. The summed E-state index contributed by atoms with van der Waals surface area (Å²) in [6.45, 7) is 5.90. The van der Waals surface area contributed by atoms with E-state index in [1.165, 1.54) is 24.0 Å². The van der Waals surface area contributed by atoms with Crippen LogP contribution in [-0.2, 0) is 19.4 Å². The van der Waals surface area contributed by atoms with Gasteiger partial charge in [-0.1, -0.05) is 56.7 Å². The molecule has 3 aromatic rings. The Bertz CT molecular complexity index is 1050. The summed E-state index contributed by atoms with van der Waals surface area (Å²) in [4.78, 5) is 0. The van der Waals surface area contributed by atoms with Gasteiger partial charge in [-0.15, -0.1) is 0 Å². The molecule has 1 heterocycles. The molecule has 0 bridgehead atoms. The Hall–Kier alpha value is -2.98. The van der Waals surface area contributed by atoms with Crippen LogP contribution in [0.5, 0.6) is 17.2 Å². The highest BCUT2D eigenvalue weighted by molar-refractivity contribution is 5.67. The first-order chi connectivity index (χ1) is 16.2. The Balaban J connectivity index is 0.000000821. The largest absolute Gasteiger partial charge is 0.489 e. The van der Waals surface area contributed by atoms with Gasteiger partial charge >= 0.3 is 0 Å². The molecule has 0 saturated carbocycles. The van der Waals surface area contributed by atoms with E-state index in [1.807, 2.05) is 12.1 Å². The lowest BCUT2D eigenvalue weighted by atomic mass is 9.82. The zero-order chi connectivity index (χ0) is 23.0. The summed E-state index contributed by atoms with van der Waals surface area (Å²) in [6.07, 6.45) is 5.88. The van der Waals surface area contributed by atoms with Gasteiger partial charge in [0.15, 0.2) is 11.5 Å². The van der Waals surface area contributed by atoms with Gasteiger partial charge in [0.2, 0.25) is 6.79 Å². The molecule has 0 saturated heterocycles. The average Bonchev–Trinajstić information content (AvgIpc) is 3.32. The predicted octanol–water partition coefficient (Wildman–Crippen LogP) is 6.53. The molecule has 3 aromatic carbocycles. The van der Waals surface area contributed by atoms with E-state index in [9.17, 15) is 0 Å². The fraction of sp³-hybridized carbons (Fsp3) is 0.379. The number of hydrogen-bond acceptors (Lipinski definition) is 4. The molecule has 0 aromatic heterocycles. The molecular formula is C29H35NO3. The molecule has 4 heteroatoms. The van der Waals surface area contributed by atoms with Gasteiger partial charge in [-0.2, -0.15) is 0 Å². The van der Waals surface area contributed by atoms with Crippen LogP contribution in [0.15, 0.2) is 60.7 Å². The Labute approximate surface area is 197 Å². The maximum Gasteiger partial charge on any atom is 0.231 e. The smallest absolute Gasteiger partial charge is 0.231 e. The van der Waals surface area contributed by atoms with Gasteiger partial charge in [-0.3, -0.25) is 0 Å². The minimum absolute atomic E-state index is 0.298. The summed E-state index contributed by atoms with van der Waals surface area (Å²) in [5.74, 6) is 3.30. The fourth-order valence-corrected chi connectivity index (χ4v) is 4.41. The zero-order valence-electron chi connectivity index (χ0n) is 19.8. The van der Waals surface area contributed by atoms with Gasteiger partial charge in [0, 0.05) is 0 Å². The van der Waals surface area contributed by atoms with Crippen LogP contribution in [0.4, 0.5) is 0 Å². The Morgan fingerprint density at radius 3 is 2.42 bits per heavy atom. The number of aryl methyl sites for hydroxylation is 1. The van der Waals surface area contributed by atoms with Crippen molar-refractivity contribution in [3.05, 3.63) is 77.4 Å². The monoisotopic (exact) mass is 445 g/mol. The summed E-state index contributed by atoms with van der Waals surface area (Å²) >= 11 is 0. The lowest BCUT2D eigenvalue weighted by Crippen LogP contribution is -2.17. The third-order valence-corrected chi connectivity index (χ3v) is 6.15. The maximum absolute atomic E-state index is 6.08. The van der Waals surface area contributed by atoms with Gasteiger partial charge in [0.1, 0.15) is 12.4 Å². The van der Waals surface area contributed by atoms with Crippen LogP contribution < -0.4 is 19.9 Å². The normalized spacial score (nSPS) is 15.9. The number of nitrogens with two attached hydrogens (primary N) is 1. The lowest BCUT2D eigenvalue weighted by molar-refractivity contribution is 0.174. The molecule has 1 aliphatic heterocycles. The molecule has 1 unspecified atom stereocenters. The van der Waals surface area contributed by atoms with Crippen LogP contribution in [0.1, 0.15) is 49.8 Å². The van der Waals surface area contributed by atoms with E-state index in [-0.39, 0.29) is 0 Å². The Morgan fingerprint density at radius 1 is 0.879 bits per heavy atom. The van der Waals surface area contributed by atoms with Crippen LogP contribution >= 0.6 is 0 Å². The third kappa shape index (κ3) is 5.88. The van der Waals surface area contributed by atoms with E-state index in [0.29, 0.717) is 13.4 Å². The highest BCUT2D eigenvalue weighted by atomic mass is 16.7. The van der Waals surface area contributed by atoms with E-state index in [4.69, 9.17) is 19.9 Å². The predicted molar refractivity (Wildman–Crippen MR) is 134 cm³/mol. The van der Waals surface area contributed by atoms with Crippen LogP contribution in [0.3, 0.4) is 0 Å². The van der Waals surface area contributed by atoms with Crippen LogP contribution in [-0.4, -0.2) is 13.3 Å². The topological polar surface area (TPSA) is 53.7 Å². The van der Waals surface area contributed by atoms with Gasteiger partial charge in [-0.05, 0) is 90.2 Å². The van der Waals surface area contributed by atoms with E-state index >= 15 is 0 Å². The highest BCUT2D eigenvalue weighted by Crippen LogP contribution is 2.36.